The molecule has 2 aromatic heterocycles. The number of ether oxygens (including phenoxy) is 2. The van der Waals surface area contributed by atoms with Crippen molar-refractivity contribution in [1.29, 1.82) is 0 Å². The van der Waals surface area contributed by atoms with E-state index in [1.807, 2.05) is 4.90 Å². The minimum Gasteiger partial charge on any atom is -0.467 e. The lowest BCUT2D eigenvalue weighted by Crippen LogP contribution is -2.29. The number of halogens is 6. The molecule has 3 atom stereocenters. The van der Waals surface area contributed by atoms with Crippen molar-refractivity contribution < 1.29 is 36.2 Å². The minimum atomic E-state index is -4.82. The van der Waals surface area contributed by atoms with Crippen LogP contribution in [0.5, 0.6) is 6.01 Å². The number of amides is 1. The summed E-state index contributed by atoms with van der Waals surface area (Å²) in [6.45, 7) is 2.94. The smallest absolute Gasteiger partial charge is 0.416 e. The molecule has 0 aliphatic carbocycles. The fourth-order valence-electron chi connectivity index (χ4n) is 6.98. The number of fused-ring (bicyclic) bond motifs is 3. The van der Waals surface area contributed by atoms with Crippen molar-refractivity contribution in [2.45, 2.75) is 76.3 Å². The highest BCUT2D eigenvalue weighted by atomic mass is 35.5. The number of hydrogen-bond donors (Lipinski definition) is 1. The van der Waals surface area contributed by atoms with E-state index in [2.05, 4.69) is 20.0 Å². The molecule has 2 saturated heterocycles. The normalized spacial score (nSPS) is 22.1. The van der Waals surface area contributed by atoms with E-state index in [9.17, 15) is 26.7 Å². The highest BCUT2D eigenvalue weighted by molar-refractivity contribution is 6.34. The maximum Gasteiger partial charge on any atom is 0.416 e. The van der Waals surface area contributed by atoms with Crippen LogP contribution in [0.3, 0.4) is 0 Å². The van der Waals surface area contributed by atoms with Gasteiger partial charge in [-0.2, -0.15) is 28.2 Å². The molecule has 3 unspecified atom stereocenters. The fourth-order valence-corrected chi connectivity index (χ4v) is 7.25. The molecule has 4 aliphatic rings. The Kier molecular flexibility index (Phi) is 9.93. The first-order valence-electron chi connectivity index (χ1n) is 16.1. The number of carbonyl (C=O) groups is 1. The van der Waals surface area contributed by atoms with Crippen LogP contribution in [0.4, 0.5) is 33.5 Å². The number of methoxy groups -OCH3 is 1. The number of hydrogen-bond acceptors (Lipinski definition) is 9. The maximum absolute atomic E-state index is 15.0. The van der Waals surface area contributed by atoms with Crippen molar-refractivity contribution >= 4 is 29.0 Å². The summed E-state index contributed by atoms with van der Waals surface area (Å²) in [5.41, 5.74) is 5.02. The summed E-state index contributed by atoms with van der Waals surface area (Å²) in [7, 11) is 4.58. The molecule has 17 heteroatoms. The Bertz CT molecular complexity index is 1710. The molecule has 4 aliphatic heterocycles. The quantitative estimate of drug-likeness (QED) is 0.288. The van der Waals surface area contributed by atoms with Gasteiger partial charge in [0.05, 0.1) is 54.0 Å². The first-order valence-corrected chi connectivity index (χ1v) is 16.4. The second-order valence-corrected chi connectivity index (χ2v) is 13.2. The highest BCUT2D eigenvalue weighted by Crippen LogP contribution is 2.43. The van der Waals surface area contributed by atoms with Crippen molar-refractivity contribution in [1.82, 2.24) is 29.5 Å². The molecular formula is C32H38ClF5N8O3. The molecule has 2 fully saturated rings. The second kappa shape index (κ2) is 13.9. The molecule has 1 amide bonds. The van der Waals surface area contributed by atoms with E-state index in [4.69, 9.17) is 26.8 Å². The van der Waals surface area contributed by atoms with Gasteiger partial charge in [-0.15, -0.1) is 0 Å². The van der Waals surface area contributed by atoms with Crippen LogP contribution in [0.2, 0.25) is 5.02 Å². The molecule has 6 heterocycles. The van der Waals surface area contributed by atoms with Gasteiger partial charge in [0.25, 0.3) is 5.91 Å². The minimum absolute atomic E-state index is 0.00850. The second-order valence-electron chi connectivity index (χ2n) is 12.8. The third-order valence-corrected chi connectivity index (χ3v) is 9.77. The number of carbonyl (C=O) groups excluding carboxylic acids is 1. The predicted octanol–water partition coefficient (Wildman–Crippen LogP) is 5.19. The first kappa shape index (κ1) is 35.1. The Morgan fingerprint density at radius 1 is 1.16 bits per heavy atom. The SMILES string of the molecule is COc1nc2c(c(N3CCCn4nc(C(=O)N(C)C)c(Cl)c4C3)n1)COC(c1c(C(F)(F)F)ccc(N)c1F)C2.FC1CC2CCCN2C1. The predicted molar refractivity (Wildman–Crippen MR) is 171 cm³/mol. The van der Waals surface area contributed by atoms with Gasteiger partial charge in [-0.25, -0.2) is 8.78 Å². The topological polar surface area (TPSA) is 115 Å². The van der Waals surface area contributed by atoms with Gasteiger partial charge in [0.15, 0.2) is 11.5 Å². The summed E-state index contributed by atoms with van der Waals surface area (Å²) < 4.78 is 81.7. The van der Waals surface area contributed by atoms with Crippen LogP contribution in [0.25, 0.3) is 0 Å². The van der Waals surface area contributed by atoms with Crippen LogP contribution in [-0.4, -0.2) is 88.5 Å². The molecule has 2 N–H and O–H groups in total. The van der Waals surface area contributed by atoms with Crippen LogP contribution in [0.15, 0.2) is 12.1 Å². The molecular weight excluding hydrogens is 675 g/mol. The molecule has 49 heavy (non-hydrogen) atoms. The van der Waals surface area contributed by atoms with Crippen LogP contribution in [0, 0.1) is 5.82 Å². The lowest BCUT2D eigenvalue weighted by Gasteiger charge is -2.31. The van der Waals surface area contributed by atoms with Crippen LogP contribution < -0.4 is 15.4 Å². The summed E-state index contributed by atoms with van der Waals surface area (Å²) in [5, 5.41) is 4.64. The number of anilines is 2. The van der Waals surface area contributed by atoms with E-state index in [0.29, 0.717) is 54.9 Å². The summed E-state index contributed by atoms with van der Waals surface area (Å²) in [6.07, 6.45) is -2.83. The zero-order chi connectivity index (χ0) is 35.2. The number of aromatic nitrogens is 4. The summed E-state index contributed by atoms with van der Waals surface area (Å²) in [5.74, 6) is -1.07. The molecule has 0 saturated carbocycles. The van der Waals surface area contributed by atoms with Crippen molar-refractivity contribution in [3.05, 3.63) is 56.7 Å². The van der Waals surface area contributed by atoms with Gasteiger partial charge in [0, 0.05) is 57.3 Å². The van der Waals surface area contributed by atoms with E-state index in [1.54, 1.807) is 18.8 Å². The average Bonchev–Trinajstić information content (AvgIpc) is 3.68. The van der Waals surface area contributed by atoms with Gasteiger partial charge in [-0.1, -0.05) is 11.6 Å². The third kappa shape index (κ3) is 6.99. The van der Waals surface area contributed by atoms with E-state index < -0.39 is 41.1 Å². The largest absolute Gasteiger partial charge is 0.467 e. The average molecular weight is 713 g/mol. The monoisotopic (exact) mass is 712 g/mol. The van der Waals surface area contributed by atoms with Gasteiger partial charge >= 0.3 is 12.2 Å². The van der Waals surface area contributed by atoms with Crippen LogP contribution in [0.1, 0.15) is 70.4 Å². The Labute approximate surface area is 285 Å². The summed E-state index contributed by atoms with van der Waals surface area (Å²) in [6, 6.07) is 2.23. The van der Waals surface area contributed by atoms with E-state index in [0.717, 1.165) is 25.1 Å². The number of benzene rings is 1. The highest BCUT2D eigenvalue weighted by Gasteiger charge is 2.40. The van der Waals surface area contributed by atoms with Crippen molar-refractivity contribution in [2.24, 2.45) is 0 Å². The van der Waals surface area contributed by atoms with E-state index in [1.165, 1.54) is 24.9 Å². The summed E-state index contributed by atoms with van der Waals surface area (Å²) >= 11 is 6.60. The maximum atomic E-state index is 15.0. The Morgan fingerprint density at radius 3 is 2.63 bits per heavy atom. The van der Waals surface area contributed by atoms with Crippen molar-refractivity contribution in [3.63, 3.8) is 0 Å². The van der Waals surface area contributed by atoms with Gasteiger partial charge in [-0.05, 0) is 44.4 Å². The Morgan fingerprint density at radius 2 is 1.94 bits per heavy atom. The molecule has 11 nitrogen and oxygen atoms in total. The number of aryl methyl sites for hydroxylation is 1. The Balaban J connectivity index is 0.000000396. The van der Waals surface area contributed by atoms with Crippen LogP contribution >= 0.6 is 11.6 Å². The number of alkyl halides is 4. The fraction of sp³-hybridized carbons (Fsp3) is 0.562. The first-order chi connectivity index (χ1) is 23.3. The Hall–Kier alpha value is -3.76. The number of nitrogen functional groups attached to an aromatic ring is 1. The molecule has 266 valence electrons. The molecule has 3 aromatic rings. The lowest BCUT2D eigenvalue weighted by atomic mass is 9.94. The van der Waals surface area contributed by atoms with Gasteiger partial charge in [-0.3, -0.25) is 14.4 Å². The van der Waals surface area contributed by atoms with Crippen molar-refractivity contribution in [2.75, 3.05) is 51.5 Å². The molecule has 7 rings (SSSR count). The molecule has 0 bridgehead atoms. The lowest BCUT2D eigenvalue weighted by molar-refractivity contribution is -0.140. The van der Waals surface area contributed by atoms with E-state index in [-0.39, 0.29) is 42.2 Å². The van der Waals surface area contributed by atoms with Gasteiger partial charge < -0.3 is 25.0 Å². The third-order valence-electron chi connectivity index (χ3n) is 9.38. The molecule has 0 radical (unpaired) electrons. The van der Waals surface area contributed by atoms with Gasteiger partial charge in [0.2, 0.25) is 0 Å². The van der Waals surface area contributed by atoms with Crippen LogP contribution in [-0.2, 0) is 37.0 Å². The van der Waals surface area contributed by atoms with E-state index >= 15 is 0 Å². The zero-order valence-corrected chi connectivity index (χ0v) is 28.1. The molecule has 0 spiro atoms. The number of nitrogens with two attached hydrogens (primary N) is 1. The number of rotatable bonds is 4. The zero-order valence-electron chi connectivity index (χ0n) is 27.4. The van der Waals surface area contributed by atoms with Crippen molar-refractivity contribution in [3.8, 4) is 6.01 Å². The molecule has 1 aromatic carbocycles. The number of nitrogens with zero attached hydrogens (tertiary/aromatic N) is 7. The van der Waals surface area contributed by atoms with Gasteiger partial charge in [0.1, 0.15) is 12.0 Å². The summed E-state index contributed by atoms with van der Waals surface area (Å²) in [4.78, 5) is 27.0. The standard InChI is InChI=1S/C25H26ClF4N7O3.C7H12FN/c1-35(2)23(38)21-19(26)16-10-36(7-4-8-37(16)34-21)22-12-11-40-17(9-15(12)32-24(33-22)39-3)18-13(25(28,29)30)5-6-14(31)20(18)27;8-6-4-7-2-1-3-9(7)5-6/h5-6,17H,4,7-11,31H2,1-3H3;6-7H,1-5H2.